The van der Waals surface area contributed by atoms with Gasteiger partial charge in [0.25, 0.3) is 0 Å². The van der Waals surface area contributed by atoms with Gasteiger partial charge in [0, 0.05) is 62.6 Å². The topological polar surface area (TPSA) is 93.1 Å². The summed E-state index contributed by atoms with van der Waals surface area (Å²) in [5.74, 6) is -1.61. The molecule has 1 fully saturated rings. The van der Waals surface area contributed by atoms with Crippen molar-refractivity contribution in [2.45, 2.75) is 31.5 Å². The van der Waals surface area contributed by atoms with Crippen molar-refractivity contribution in [1.82, 2.24) is 29.8 Å². The SMILES string of the molecule is COCC(C[n+]1ccccc1)N1C[C@@H](NC(=O)Nc2c(C)c(-c3cnn(C)c3)nn2-c2ccccc2)[C@H](c2ccc(F)c(F)c2)C1. The smallest absolute Gasteiger partial charge is 0.320 e. The van der Waals surface area contributed by atoms with E-state index in [0.717, 1.165) is 22.9 Å². The number of anilines is 1. The van der Waals surface area contributed by atoms with E-state index in [1.54, 1.807) is 28.7 Å². The van der Waals surface area contributed by atoms with Gasteiger partial charge in [0.2, 0.25) is 0 Å². The summed E-state index contributed by atoms with van der Waals surface area (Å²) in [6, 6.07) is 18.5. The van der Waals surface area contributed by atoms with Crippen LogP contribution in [0.3, 0.4) is 0 Å². The van der Waals surface area contributed by atoms with E-state index < -0.39 is 23.7 Å². The van der Waals surface area contributed by atoms with Gasteiger partial charge < -0.3 is 10.1 Å². The van der Waals surface area contributed by atoms with Gasteiger partial charge in [-0.2, -0.15) is 10.2 Å². The number of methoxy groups -OCH3 is 1. The molecule has 2 aromatic carbocycles. The Labute approximate surface area is 266 Å². The van der Waals surface area contributed by atoms with Gasteiger partial charge in [-0.15, -0.1) is 0 Å². The highest BCUT2D eigenvalue weighted by atomic mass is 19.2. The maximum Gasteiger partial charge on any atom is 0.320 e. The second-order valence-electron chi connectivity index (χ2n) is 11.6. The summed E-state index contributed by atoms with van der Waals surface area (Å²) in [4.78, 5) is 16.0. The molecule has 3 aromatic heterocycles. The van der Waals surface area contributed by atoms with Crippen LogP contribution in [0.2, 0.25) is 0 Å². The molecular weight excluding hydrogens is 590 g/mol. The number of pyridine rings is 1. The molecule has 2 N–H and O–H groups in total. The van der Waals surface area contributed by atoms with Crippen LogP contribution >= 0.6 is 0 Å². The normalized spacial score (nSPS) is 17.2. The van der Waals surface area contributed by atoms with Crippen molar-refractivity contribution in [1.29, 1.82) is 0 Å². The molecule has 3 atom stereocenters. The van der Waals surface area contributed by atoms with Gasteiger partial charge >= 0.3 is 6.03 Å². The van der Waals surface area contributed by atoms with Crippen LogP contribution in [0.25, 0.3) is 16.9 Å². The van der Waals surface area contributed by atoms with E-state index in [2.05, 4.69) is 25.2 Å². The summed E-state index contributed by atoms with van der Waals surface area (Å²) in [6.07, 6.45) is 7.59. The average Bonchev–Trinajstić information content (AvgIpc) is 3.76. The predicted octanol–water partition coefficient (Wildman–Crippen LogP) is 4.45. The lowest BCUT2D eigenvalue weighted by Crippen LogP contribution is -2.50. The van der Waals surface area contributed by atoms with Crippen molar-refractivity contribution in [3.05, 3.63) is 114 Å². The Hall–Kier alpha value is -4.94. The van der Waals surface area contributed by atoms with Crippen molar-refractivity contribution in [3.63, 3.8) is 0 Å². The molecule has 0 bridgehead atoms. The Kier molecular flexibility index (Phi) is 9.18. The van der Waals surface area contributed by atoms with E-state index in [1.165, 1.54) is 6.07 Å². The molecule has 12 heteroatoms. The number of ether oxygens (including phenoxy) is 1. The molecule has 2 amide bonds. The maximum absolute atomic E-state index is 14.4. The summed E-state index contributed by atoms with van der Waals surface area (Å²) < 4.78 is 39.4. The Bertz CT molecular complexity index is 1790. The number of halogens is 2. The van der Waals surface area contributed by atoms with Gasteiger partial charge in [0.15, 0.2) is 30.6 Å². The van der Waals surface area contributed by atoms with E-state index in [9.17, 15) is 13.6 Å². The molecule has 4 heterocycles. The van der Waals surface area contributed by atoms with Crippen LogP contribution in [0.4, 0.5) is 19.4 Å². The van der Waals surface area contributed by atoms with Crippen LogP contribution in [0.15, 0.2) is 91.5 Å². The van der Waals surface area contributed by atoms with E-state index in [4.69, 9.17) is 9.84 Å². The molecule has 0 radical (unpaired) electrons. The van der Waals surface area contributed by atoms with Crippen LogP contribution in [0, 0.1) is 18.6 Å². The Morgan fingerprint density at radius 3 is 2.52 bits per heavy atom. The first-order chi connectivity index (χ1) is 22.3. The molecule has 1 saturated heterocycles. The second-order valence-corrected chi connectivity index (χ2v) is 11.6. The van der Waals surface area contributed by atoms with Gasteiger partial charge in [0.1, 0.15) is 11.5 Å². The number of aryl methyl sites for hydroxylation is 1. The number of carbonyl (C=O) groups excluding carboxylic acids is 1. The van der Waals surface area contributed by atoms with Crippen molar-refractivity contribution in [2.24, 2.45) is 7.05 Å². The minimum atomic E-state index is -0.919. The van der Waals surface area contributed by atoms with E-state index >= 15 is 0 Å². The number of hydrogen-bond donors (Lipinski definition) is 2. The van der Waals surface area contributed by atoms with Crippen LogP contribution < -0.4 is 15.2 Å². The van der Waals surface area contributed by atoms with Crippen molar-refractivity contribution >= 4 is 11.8 Å². The fourth-order valence-electron chi connectivity index (χ4n) is 6.15. The second kappa shape index (κ2) is 13.6. The number of carbonyl (C=O) groups is 1. The molecule has 0 saturated carbocycles. The largest absolute Gasteiger partial charge is 0.383 e. The molecule has 0 aliphatic carbocycles. The molecular formula is C34H37F2N8O2+. The van der Waals surface area contributed by atoms with Crippen LogP contribution in [0.5, 0.6) is 0 Å². The summed E-state index contributed by atoms with van der Waals surface area (Å²) in [5.41, 5.74) is 3.68. The van der Waals surface area contributed by atoms with Crippen LogP contribution in [-0.4, -0.2) is 69.4 Å². The van der Waals surface area contributed by atoms with Crippen LogP contribution in [-0.2, 0) is 18.3 Å². The van der Waals surface area contributed by atoms with Crippen molar-refractivity contribution in [3.8, 4) is 16.9 Å². The summed E-state index contributed by atoms with van der Waals surface area (Å²) >= 11 is 0. The highest BCUT2D eigenvalue weighted by molar-refractivity contribution is 5.91. The van der Waals surface area contributed by atoms with Gasteiger partial charge in [-0.1, -0.05) is 30.3 Å². The molecule has 46 heavy (non-hydrogen) atoms. The number of benzene rings is 2. The quantitative estimate of drug-likeness (QED) is 0.223. The lowest BCUT2D eigenvalue weighted by atomic mass is 9.94. The summed E-state index contributed by atoms with van der Waals surface area (Å²) in [6.45, 7) is 4.02. The number of nitrogens with one attached hydrogen (secondary N) is 2. The molecule has 1 aliphatic rings. The summed E-state index contributed by atoms with van der Waals surface area (Å²) in [7, 11) is 3.50. The van der Waals surface area contributed by atoms with E-state index in [0.29, 0.717) is 43.3 Å². The van der Waals surface area contributed by atoms with E-state index in [-0.39, 0.29) is 12.0 Å². The molecule has 238 valence electrons. The van der Waals surface area contributed by atoms with Gasteiger partial charge in [-0.3, -0.25) is 14.9 Å². The van der Waals surface area contributed by atoms with Crippen LogP contribution in [0.1, 0.15) is 17.0 Å². The fourth-order valence-corrected chi connectivity index (χ4v) is 6.15. The molecule has 10 nitrogen and oxygen atoms in total. The third-order valence-corrected chi connectivity index (χ3v) is 8.44. The molecule has 1 aliphatic heterocycles. The first kappa shape index (κ1) is 31.1. The number of para-hydroxylation sites is 1. The number of rotatable bonds is 10. The molecule has 6 rings (SSSR count). The fraction of sp³-hybridized carbons (Fsp3) is 0.294. The monoisotopic (exact) mass is 627 g/mol. The Balaban J connectivity index is 1.29. The number of nitrogens with zero attached hydrogens (tertiary/aromatic N) is 6. The van der Waals surface area contributed by atoms with E-state index in [1.807, 2.05) is 81.1 Å². The minimum Gasteiger partial charge on any atom is -0.383 e. The zero-order chi connectivity index (χ0) is 32.2. The number of urea groups is 1. The zero-order valence-electron chi connectivity index (χ0n) is 26.0. The maximum atomic E-state index is 14.4. The highest BCUT2D eigenvalue weighted by Crippen LogP contribution is 2.32. The lowest BCUT2D eigenvalue weighted by molar-refractivity contribution is -0.701. The first-order valence-corrected chi connectivity index (χ1v) is 15.1. The molecule has 0 spiro atoms. The third kappa shape index (κ3) is 6.68. The van der Waals surface area contributed by atoms with Gasteiger partial charge in [0.05, 0.1) is 30.6 Å². The number of hydrogen-bond acceptors (Lipinski definition) is 5. The highest BCUT2D eigenvalue weighted by Gasteiger charge is 2.39. The predicted molar refractivity (Wildman–Crippen MR) is 169 cm³/mol. The Morgan fingerprint density at radius 2 is 1.83 bits per heavy atom. The minimum absolute atomic E-state index is 0.0242. The van der Waals surface area contributed by atoms with Gasteiger partial charge in [-0.25, -0.2) is 22.8 Å². The molecule has 1 unspecified atom stereocenters. The number of likely N-dealkylation sites (tertiary alicyclic amines) is 1. The third-order valence-electron chi connectivity index (χ3n) is 8.44. The van der Waals surface area contributed by atoms with Gasteiger partial charge in [-0.05, 0) is 36.8 Å². The van der Waals surface area contributed by atoms with Crippen molar-refractivity contribution in [2.75, 3.05) is 32.1 Å². The number of amides is 2. The first-order valence-electron chi connectivity index (χ1n) is 15.1. The summed E-state index contributed by atoms with van der Waals surface area (Å²) in [5, 5.41) is 15.3. The standard InChI is InChI=1S/C34H36F2N8O2/c1-23-32(25-17-37-41(2)18-25)40-44(26-10-6-4-7-11-26)33(23)39-34(45)38-31-21-43(20-28(31)24-12-13-29(35)30(36)16-24)27(22-46-3)19-42-14-8-5-9-15-42/h4-18,27-28,31H,19-22H2,1-3H3,(H-,38,39,40,45)/p+1/t27?,28-,31+/m0/s1. The average molecular weight is 628 g/mol. The van der Waals surface area contributed by atoms with Crippen molar-refractivity contribution < 1.29 is 22.9 Å². The lowest BCUT2D eigenvalue weighted by Gasteiger charge is -2.25. The Morgan fingerprint density at radius 1 is 1.07 bits per heavy atom. The zero-order valence-corrected chi connectivity index (χ0v) is 26.0. The molecule has 5 aromatic rings. The number of aromatic nitrogens is 5.